The van der Waals surface area contributed by atoms with Gasteiger partial charge in [-0.05, 0) is 18.4 Å². The van der Waals surface area contributed by atoms with Crippen LogP contribution >= 0.6 is 46.6 Å². The number of hydrogen-bond acceptors (Lipinski definition) is 4. The molecule has 1 amide bonds. The molecule has 104 valence electrons. The molecule has 0 fully saturated rings. The van der Waals surface area contributed by atoms with Crippen LogP contribution in [-0.4, -0.2) is 22.1 Å². The number of nitrogens with one attached hydrogen (secondary N) is 1. The molecular weight excluding hydrogens is 341 g/mol. The summed E-state index contributed by atoms with van der Waals surface area (Å²) < 4.78 is 0. The summed E-state index contributed by atoms with van der Waals surface area (Å²) in [6.07, 6.45) is 3.18. The van der Waals surface area contributed by atoms with Crippen LogP contribution in [0.15, 0.2) is 29.6 Å². The minimum atomic E-state index is -0.497. The van der Waals surface area contributed by atoms with E-state index < -0.39 is 5.91 Å². The Balaban J connectivity index is 2.33. The second kappa shape index (κ2) is 6.63. The van der Waals surface area contributed by atoms with Crippen LogP contribution in [0.2, 0.25) is 15.1 Å². The molecule has 20 heavy (non-hydrogen) atoms. The molecule has 0 aliphatic rings. The number of amides is 1. The first-order valence-corrected chi connectivity index (χ1v) is 7.70. The predicted molar refractivity (Wildman–Crippen MR) is 83.2 cm³/mol. The van der Waals surface area contributed by atoms with Gasteiger partial charge < -0.3 is 5.32 Å². The minimum absolute atomic E-state index is 0.0713. The van der Waals surface area contributed by atoms with E-state index in [1.165, 1.54) is 18.0 Å². The zero-order valence-electron chi connectivity index (χ0n) is 10.2. The summed E-state index contributed by atoms with van der Waals surface area (Å²) in [4.78, 5) is 20.2. The Hall–Kier alpha value is -1.01. The summed E-state index contributed by atoms with van der Waals surface area (Å²) in [5, 5.41) is 3.87. The van der Waals surface area contributed by atoms with Gasteiger partial charge in [0.2, 0.25) is 0 Å². The van der Waals surface area contributed by atoms with Crippen molar-refractivity contribution in [2.45, 2.75) is 5.16 Å². The lowest BCUT2D eigenvalue weighted by atomic mass is 10.3. The van der Waals surface area contributed by atoms with Gasteiger partial charge in [-0.15, -0.1) is 0 Å². The van der Waals surface area contributed by atoms with Crippen LogP contribution in [0, 0.1) is 0 Å². The molecule has 2 rings (SSSR count). The molecule has 8 heteroatoms. The molecule has 1 aromatic heterocycles. The lowest BCUT2D eigenvalue weighted by molar-refractivity contribution is 0.102. The fraction of sp³-hybridized carbons (Fsp3) is 0.0833. The SMILES string of the molecule is CSc1ncc(Cl)c(C(=O)Nc2c(Cl)cccc2Cl)n1. The standard InChI is InChI=1S/C12H8Cl3N3OS/c1-20-12-16-5-8(15)10(18-12)11(19)17-9-6(13)3-2-4-7(9)14/h2-5H,1H3,(H,17,19). The van der Waals surface area contributed by atoms with Gasteiger partial charge in [0.15, 0.2) is 10.9 Å². The van der Waals surface area contributed by atoms with Gasteiger partial charge in [0.25, 0.3) is 5.91 Å². The lowest BCUT2D eigenvalue weighted by Crippen LogP contribution is -2.15. The molecule has 1 aromatic carbocycles. The van der Waals surface area contributed by atoms with Crippen LogP contribution in [-0.2, 0) is 0 Å². The number of rotatable bonds is 3. The molecule has 0 saturated carbocycles. The second-order valence-electron chi connectivity index (χ2n) is 3.60. The van der Waals surface area contributed by atoms with Gasteiger partial charge in [-0.25, -0.2) is 9.97 Å². The first-order valence-electron chi connectivity index (χ1n) is 5.35. The number of hydrogen-bond donors (Lipinski definition) is 1. The van der Waals surface area contributed by atoms with Crippen molar-refractivity contribution in [1.82, 2.24) is 9.97 Å². The van der Waals surface area contributed by atoms with Gasteiger partial charge in [0.05, 0.1) is 27.0 Å². The van der Waals surface area contributed by atoms with Crippen LogP contribution in [0.3, 0.4) is 0 Å². The summed E-state index contributed by atoms with van der Waals surface area (Å²) in [5.74, 6) is -0.497. The van der Waals surface area contributed by atoms with E-state index in [0.29, 0.717) is 20.9 Å². The summed E-state index contributed by atoms with van der Waals surface area (Å²) in [6.45, 7) is 0. The van der Waals surface area contributed by atoms with Crippen LogP contribution in [0.4, 0.5) is 5.69 Å². The molecule has 0 aliphatic carbocycles. The van der Waals surface area contributed by atoms with Crippen LogP contribution in [0.1, 0.15) is 10.5 Å². The molecule has 0 saturated heterocycles. The fourth-order valence-electron chi connectivity index (χ4n) is 1.40. The van der Waals surface area contributed by atoms with E-state index in [2.05, 4.69) is 15.3 Å². The third kappa shape index (κ3) is 3.35. The van der Waals surface area contributed by atoms with Crippen molar-refractivity contribution in [1.29, 1.82) is 0 Å². The number of anilines is 1. The average molecular weight is 349 g/mol. The molecule has 0 bridgehead atoms. The van der Waals surface area contributed by atoms with Gasteiger partial charge in [-0.3, -0.25) is 4.79 Å². The molecule has 1 N–H and O–H groups in total. The smallest absolute Gasteiger partial charge is 0.276 e. The number of nitrogens with zero attached hydrogens (tertiary/aromatic N) is 2. The van der Waals surface area contributed by atoms with Crippen LogP contribution < -0.4 is 5.32 Å². The average Bonchev–Trinajstić information content (AvgIpc) is 2.43. The topological polar surface area (TPSA) is 54.9 Å². The Morgan fingerprint density at radius 2 is 1.85 bits per heavy atom. The van der Waals surface area contributed by atoms with Crippen molar-refractivity contribution in [3.05, 3.63) is 45.2 Å². The second-order valence-corrected chi connectivity index (χ2v) is 5.60. The maximum Gasteiger partial charge on any atom is 0.276 e. The van der Waals surface area contributed by atoms with E-state index in [4.69, 9.17) is 34.8 Å². The van der Waals surface area contributed by atoms with Gasteiger partial charge in [-0.2, -0.15) is 0 Å². The Kier molecular flexibility index (Phi) is 5.10. The number of thioether (sulfide) groups is 1. The van der Waals surface area contributed by atoms with E-state index in [-0.39, 0.29) is 10.7 Å². The molecule has 0 aliphatic heterocycles. The minimum Gasteiger partial charge on any atom is -0.318 e. The van der Waals surface area contributed by atoms with Gasteiger partial charge in [0.1, 0.15) is 0 Å². The quantitative estimate of drug-likeness (QED) is 0.659. The first kappa shape index (κ1) is 15.4. The van der Waals surface area contributed by atoms with Crippen molar-refractivity contribution < 1.29 is 4.79 Å². The van der Waals surface area contributed by atoms with E-state index in [1.54, 1.807) is 24.5 Å². The monoisotopic (exact) mass is 347 g/mol. The Morgan fingerprint density at radius 1 is 1.20 bits per heavy atom. The highest BCUT2D eigenvalue weighted by atomic mass is 35.5. The highest BCUT2D eigenvalue weighted by Crippen LogP contribution is 2.30. The third-order valence-corrected chi connectivity index (χ3v) is 3.79. The molecule has 4 nitrogen and oxygen atoms in total. The van der Waals surface area contributed by atoms with Crippen molar-refractivity contribution in [2.24, 2.45) is 0 Å². The zero-order chi connectivity index (χ0) is 14.7. The van der Waals surface area contributed by atoms with Gasteiger partial charge in [-0.1, -0.05) is 52.6 Å². The van der Waals surface area contributed by atoms with E-state index in [9.17, 15) is 4.79 Å². The summed E-state index contributed by atoms with van der Waals surface area (Å²) in [5.41, 5.74) is 0.392. The highest BCUT2D eigenvalue weighted by Gasteiger charge is 2.16. The largest absolute Gasteiger partial charge is 0.318 e. The zero-order valence-corrected chi connectivity index (χ0v) is 13.2. The summed E-state index contributed by atoms with van der Waals surface area (Å²) >= 11 is 19.2. The number of carbonyl (C=O) groups is 1. The maximum atomic E-state index is 12.2. The fourth-order valence-corrected chi connectivity index (χ4v) is 2.41. The maximum absolute atomic E-state index is 12.2. The molecule has 0 atom stereocenters. The summed E-state index contributed by atoms with van der Waals surface area (Å²) in [6, 6.07) is 4.93. The van der Waals surface area contributed by atoms with Crippen LogP contribution in [0.25, 0.3) is 0 Å². The Labute approximate surface area is 134 Å². The first-order chi connectivity index (χ1) is 9.52. The lowest BCUT2D eigenvalue weighted by Gasteiger charge is -2.09. The summed E-state index contributed by atoms with van der Waals surface area (Å²) in [7, 11) is 0. The molecule has 0 radical (unpaired) electrons. The third-order valence-electron chi connectivity index (χ3n) is 2.32. The molecule has 1 heterocycles. The van der Waals surface area contributed by atoms with E-state index >= 15 is 0 Å². The van der Waals surface area contributed by atoms with Crippen molar-refractivity contribution in [2.75, 3.05) is 11.6 Å². The normalized spacial score (nSPS) is 10.4. The van der Waals surface area contributed by atoms with Crippen LogP contribution in [0.5, 0.6) is 0 Å². The highest BCUT2D eigenvalue weighted by molar-refractivity contribution is 7.98. The Bertz CT molecular complexity index is 646. The van der Waals surface area contributed by atoms with Gasteiger partial charge in [0, 0.05) is 0 Å². The molecule has 0 spiro atoms. The van der Waals surface area contributed by atoms with Crippen molar-refractivity contribution in [3.8, 4) is 0 Å². The van der Waals surface area contributed by atoms with Crippen molar-refractivity contribution >= 4 is 58.2 Å². The number of benzene rings is 1. The number of halogens is 3. The Morgan fingerprint density at radius 3 is 2.45 bits per heavy atom. The van der Waals surface area contributed by atoms with Crippen molar-refractivity contribution in [3.63, 3.8) is 0 Å². The predicted octanol–water partition coefficient (Wildman–Crippen LogP) is 4.41. The molecular formula is C12H8Cl3N3OS. The molecule has 0 unspecified atom stereocenters. The van der Waals surface area contributed by atoms with E-state index in [1.807, 2.05) is 0 Å². The molecule has 2 aromatic rings. The van der Waals surface area contributed by atoms with Gasteiger partial charge >= 0.3 is 0 Å². The number of aromatic nitrogens is 2. The van der Waals surface area contributed by atoms with E-state index in [0.717, 1.165) is 0 Å². The number of carbonyl (C=O) groups excluding carboxylic acids is 1. The number of para-hydroxylation sites is 1.